The van der Waals surface area contributed by atoms with Crippen LogP contribution < -0.4 is 11.1 Å². The summed E-state index contributed by atoms with van der Waals surface area (Å²) in [5.74, 6) is 1.13. The summed E-state index contributed by atoms with van der Waals surface area (Å²) in [5, 5.41) is 13.4. The van der Waals surface area contributed by atoms with Gasteiger partial charge >= 0.3 is 6.03 Å². The number of nitrogens with two attached hydrogens (primary N) is 1. The smallest absolute Gasteiger partial charge is 0.315 e. The van der Waals surface area contributed by atoms with Gasteiger partial charge in [-0.1, -0.05) is 0 Å². The maximum Gasteiger partial charge on any atom is 0.315 e. The number of nitrogens with one attached hydrogen (secondary N) is 1. The lowest BCUT2D eigenvalue weighted by Gasteiger charge is -2.42. The number of carbonyl (C=O) groups excluding carboxylic acids is 1. The highest BCUT2D eigenvalue weighted by Gasteiger charge is 2.35. The number of rotatable bonds is 5. The second kappa shape index (κ2) is 7.64. The number of amides is 2. The molecule has 2 aliphatic rings. The van der Waals surface area contributed by atoms with E-state index in [4.69, 9.17) is 5.73 Å². The van der Waals surface area contributed by atoms with Crippen LogP contribution in [-0.4, -0.2) is 47.8 Å². The third kappa shape index (κ3) is 4.59. The van der Waals surface area contributed by atoms with Crippen molar-refractivity contribution in [2.75, 3.05) is 20.1 Å². The first kappa shape index (κ1) is 17.5. The molecule has 2 amide bonds. The van der Waals surface area contributed by atoms with E-state index in [9.17, 15) is 9.90 Å². The first-order valence-electron chi connectivity index (χ1n) is 8.86. The monoisotopic (exact) mass is 311 g/mol. The van der Waals surface area contributed by atoms with Crippen molar-refractivity contribution in [1.29, 1.82) is 0 Å². The average Bonchev–Trinajstić information content (AvgIpc) is 2.48. The molecule has 2 fully saturated rings. The van der Waals surface area contributed by atoms with E-state index in [1.165, 1.54) is 6.42 Å². The number of primary amides is 1. The molecule has 0 radical (unpaired) electrons. The Balaban J connectivity index is 1.98. The summed E-state index contributed by atoms with van der Waals surface area (Å²) in [4.78, 5) is 13.6. The van der Waals surface area contributed by atoms with Crippen molar-refractivity contribution >= 4 is 6.03 Å². The fourth-order valence-corrected chi connectivity index (χ4v) is 4.32. The highest BCUT2D eigenvalue weighted by molar-refractivity contribution is 5.72. The van der Waals surface area contributed by atoms with Crippen molar-refractivity contribution in [3.8, 4) is 0 Å². The van der Waals surface area contributed by atoms with Crippen molar-refractivity contribution in [3.63, 3.8) is 0 Å². The molecule has 128 valence electrons. The van der Waals surface area contributed by atoms with E-state index in [-0.39, 0.29) is 12.1 Å². The standard InChI is InChI=1S/C17H33N3O2/c1-17(22)8-6-13(7-9-17)11-14(12-19-2)15-5-3-4-10-20(15)16(18)21/h13-15,19,22H,3-12H2,1-2H3,(H2,18,21)/t13?,14-,15?,17?/m0/s1. The number of carbonyl (C=O) groups is 1. The molecule has 1 heterocycles. The van der Waals surface area contributed by atoms with Gasteiger partial charge in [-0.15, -0.1) is 0 Å². The number of aliphatic hydroxyl groups is 1. The molecule has 1 unspecified atom stereocenters. The van der Waals surface area contributed by atoms with Crippen molar-refractivity contribution in [2.45, 2.75) is 69.9 Å². The SMILES string of the molecule is CNC[C@H](CC1CCC(C)(O)CC1)C1CCCCN1C(N)=O. The molecule has 0 aromatic carbocycles. The van der Waals surface area contributed by atoms with E-state index in [1.807, 2.05) is 18.9 Å². The Labute approximate surface area is 134 Å². The molecule has 5 heteroatoms. The van der Waals surface area contributed by atoms with Gasteiger partial charge in [0.25, 0.3) is 0 Å². The van der Waals surface area contributed by atoms with Crippen molar-refractivity contribution in [3.05, 3.63) is 0 Å². The first-order valence-corrected chi connectivity index (χ1v) is 8.86. The number of urea groups is 1. The van der Waals surface area contributed by atoms with E-state index >= 15 is 0 Å². The van der Waals surface area contributed by atoms with Crippen LogP contribution >= 0.6 is 0 Å². The molecule has 0 bridgehead atoms. The van der Waals surface area contributed by atoms with Gasteiger partial charge in [0.2, 0.25) is 0 Å². The number of hydrogen-bond acceptors (Lipinski definition) is 3. The van der Waals surface area contributed by atoms with Gasteiger partial charge in [-0.2, -0.15) is 0 Å². The topological polar surface area (TPSA) is 78.6 Å². The lowest BCUT2D eigenvalue weighted by molar-refractivity contribution is 0.00190. The van der Waals surface area contributed by atoms with Crippen LogP contribution in [-0.2, 0) is 0 Å². The predicted molar refractivity (Wildman–Crippen MR) is 88.5 cm³/mol. The molecule has 1 saturated carbocycles. The Morgan fingerprint density at radius 2 is 2.05 bits per heavy atom. The van der Waals surface area contributed by atoms with Crippen LogP contribution in [0.15, 0.2) is 0 Å². The zero-order chi connectivity index (χ0) is 16.2. The number of nitrogens with zero attached hydrogens (tertiary/aromatic N) is 1. The summed E-state index contributed by atoms with van der Waals surface area (Å²) in [7, 11) is 1.98. The Bertz CT molecular complexity index is 363. The molecule has 22 heavy (non-hydrogen) atoms. The van der Waals surface area contributed by atoms with E-state index in [1.54, 1.807) is 0 Å². The summed E-state index contributed by atoms with van der Waals surface area (Å²) in [6, 6.07) is 0.0125. The highest BCUT2D eigenvalue weighted by atomic mass is 16.3. The fourth-order valence-electron chi connectivity index (χ4n) is 4.32. The Morgan fingerprint density at radius 3 is 2.64 bits per heavy atom. The quantitative estimate of drug-likeness (QED) is 0.727. The molecule has 0 aromatic heterocycles. The summed E-state index contributed by atoms with van der Waals surface area (Å²) < 4.78 is 0. The van der Waals surface area contributed by atoms with Gasteiger partial charge in [-0.3, -0.25) is 0 Å². The first-order chi connectivity index (χ1) is 10.4. The number of piperidine rings is 1. The third-order valence-electron chi connectivity index (χ3n) is 5.66. The summed E-state index contributed by atoms with van der Waals surface area (Å²) in [6.45, 7) is 3.69. The van der Waals surface area contributed by atoms with Gasteiger partial charge < -0.3 is 21.1 Å². The van der Waals surface area contributed by atoms with Gasteiger partial charge in [-0.25, -0.2) is 4.79 Å². The fraction of sp³-hybridized carbons (Fsp3) is 0.941. The summed E-state index contributed by atoms with van der Waals surface area (Å²) in [5.41, 5.74) is 5.12. The van der Waals surface area contributed by atoms with Gasteiger partial charge in [0, 0.05) is 12.6 Å². The Morgan fingerprint density at radius 1 is 1.36 bits per heavy atom. The van der Waals surface area contributed by atoms with E-state index in [0.717, 1.165) is 58.0 Å². The molecule has 2 atom stereocenters. The van der Waals surface area contributed by atoms with E-state index < -0.39 is 5.60 Å². The molecule has 1 aliphatic heterocycles. The molecule has 0 aromatic rings. The molecular weight excluding hydrogens is 278 g/mol. The number of likely N-dealkylation sites (tertiary alicyclic amines) is 1. The zero-order valence-corrected chi connectivity index (χ0v) is 14.2. The zero-order valence-electron chi connectivity index (χ0n) is 14.2. The predicted octanol–water partition coefficient (Wildman–Crippen LogP) is 2.09. The maximum atomic E-state index is 11.7. The minimum absolute atomic E-state index is 0.266. The molecule has 4 N–H and O–H groups in total. The van der Waals surface area contributed by atoms with Crippen molar-refractivity contribution in [2.24, 2.45) is 17.6 Å². The van der Waals surface area contributed by atoms with E-state index in [2.05, 4.69) is 5.32 Å². The van der Waals surface area contributed by atoms with Gasteiger partial charge in [0.05, 0.1) is 5.60 Å². The molecule has 2 rings (SSSR count). The molecule has 1 saturated heterocycles. The van der Waals surface area contributed by atoms with Crippen LogP contribution in [0.5, 0.6) is 0 Å². The maximum absolute atomic E-state index is 11.7. The molecule has 1 aliphatic carbocycles. The van der Waals surface area contributed by atoms with Crippen molar-refractivity contribution in [1.82, 2.24) is 10.2 Å². The summed E-state index contributed by atoms with van der Waals surface area (Å²) >= 11 is 0. The minimum Gasteiger partial charge on any atom is -0.390 e. The normalized spacial score (nSPS) is 34.4. The van der Waals surface area contributed by atoms with Gasteiger partial charge in [-0.05, 0) is 83.7 Å². The minimum atomic E-state index is -0.473. The largest absolute Gasteiger partial charge is 0.390 e. The van der Waals surface area contributed by atoms with Gasteiger partial charge in [0.15, 0.2) is 0 Å². The van der Waals surface area contributed by atoms with Crippen LogP contribution in [0.3, 0.4) is 0 Å². The third-order valence-corrected chi connectivity index (χ3v) is 5.66. The molecular formula is C17H33N3O2. The average molecular weight is 311 g/mol. The number of hydrogen-bond donors (Lipinski definition) is 3. The van der Waals surface area contributed by atoms with Crippen LogP contribution in [0, 0.1) is 11.8 Å². The van der Waals surface area contributed by atoms with Crippen LogP contribution in [0.4, 0.5) is 4.79 Å². The summed E-state index contributed by atoms with van der Waals surface area (Å²) in [6.07, 6.45) is 8.44. The van der Waals surface area contributed by atoms with Crippen LogP contribution in [0.1, 0.15) is 58.3 Å². The van der Waals surface area contributed by atoms with Crippen molar-refractivity contribution < 1.29 is 9.90 Å². The van der Waals surface area contributed by atoms with Gasteiger partial charge in [0.1, 0.15) is 0 Å². The lowest BCUT2D eigenvalue weighted by atomic mass is 9.74. The lowest BCUT2D eigenvalue weighted by Crippen LogP contribution is -2.52. The second-order valence-electron chi connectivity index (χ2n) is 7.59. The van der Waals surface area contributed by atoms with E-state index in [0.29, 0.717) is 11.8 Å². The second-order valence-corrected chi connectivity index (χ2v) is 7.59. The Hall–Kier alpha value is -0.810. The van der Waals surface area contributed by atoms with Crippen LogP contribution in [0.2, 0.25) is 0 Å². The highest BCUT2D eigenvalue weighted by Crippen LogP contribution is 2.37. The molecule has 5 nitrogen and oxygen atoms in total. The van der Waals surface area contributed by atoms with Crippen LogP contribution in [0.25, 0.3) is 0 Å². The molecule has 0 spiro atoms. The Kier molecular flexibility index (Phi) is 6.09.